The van der Waals surface area contributed by atoms with Gasteiger partial charge in [-0.05, 0) is 24.3 Å². The third kappa shape index (κ3) is 3.33. The number of pyridine rings is 1. The molecular weight excluding hydrogens is 282 g/mol. The van der Waals surface area contributed by atoms with Crippen LogP contribution in [0, 0.1) is 0 Å². The summed E-state index contributed by atoms with van der Waals surface area (Å²) in [6.07, 6.45) is 1.09. The van der Waals surface area contributed by atoms with E-state index in [1.54, 1.807) is 6.07 Å². The summed E-state index contributed by atoms with van der Waals surface area (Å²) in [5.74, 6) is -0.821. The number of ether oxygens (including phenoxy) is 1. The minimum Gasteiger partial charge on any atom is -0.477 e. The molecule has 7 heteroatoms. The summed E-state index contributed by atoms with van der Waals surface area (Å²) in [6, 6.07) is 10.2. The van der Waals surface area contributed by atoms with Crippen LogP contribution < -0.4 is 4.74 Å². The van der Waals surface area contributed by atoms with Crippen molar-refractivity contribution in [2.45, 2.75) is 4.90 Å². The Kier molecular flexibility index (Phi) is 3.71. The lowest BCUT2D eigenvalue weighted by molar-refractivity contribution is 0.0689. The van der Waals surface area contributed by atoms with Crippen LogP contribution in [0.2, 0.25) is 0 Å². The Balaban J connectivity index is 2.31. The van der Waals surface area contributed by atoms with E-state index in [0.29, 0.717) is 0 Å². The molecule has 2 rings (SSSR count). The van der Waals surface area contributed by atoms with Crippen LogP contribution in [-0.4, -0.2) is 30.7 Å². The lowest BCUT2D eigenvalue weighted by Crippen LogP contribution is -2.01. The summed E-state index contributed by atoms with van der Waals surface area (Å²) in [4.78, 5) is 14.7. The quantitative estimate of drug-likeness (QED) is 0.926. The third-order valence-electron chi connectivity index (χ3n) is 2.40. The van der Waals surface area contributed by atoms with Crippen LogP contribution in [-0.2, 0) is 9.84 Å². The number of carboxylic acids is 1. The van der Waals surface area contributed by atoms with Gasteiger partial charge in [0.05, 0.1) is 4.90 Å². The Labute approximate surface area is 115 Å². The first-order valence-electron chi connectivity index (χ1n) is 5.54. The molecule has 1 N–H and O–H groups in total. The van der Waals surface area contributed by atoms with Gasteiger partial charge in [0.2, 0.25) is 5.88 Å². The summed E-state index contributed by atoms with van der Waals surface area (Å²) >= 11 is 0. The van der Waals surface area contributed by atoms with E-state index in [2.05, 4.69) is 4.98 Å². The molecule has 0 aliphatic rings. The number of benzene rings is 1. The van der Waals surface area contributed by atoms with E-state index < -0.39 is 15.8 Å². The van der Waals surface area contributed by atoms with Crippen LogP contribution >= 0.6 is 0 Å². The second kappa shape index (κ2) is 5.30. The molecule has 0 bridgehead atoms. The number of hydrogen-bond acceptors (Lipinski definition) is 5. The Morgan fingerprint density at radius 1 is 1.20 bits per heavy atom. The van der Waals surface area contributed by atoms with Crippen LogP contribution in [0.25, 0.3) is 0 Å². The number of rotatable bonds is 4. The van der Waals surface area contributed by atoms with Gasteiger partial charge in [-0.3, -0.25) is 0 Å². The summed E-state index contributed by atoms with van der Waals surface area (Å²) in [7, 11) is -3.33. The normalized spacial score (nSPS) is 11.1. The topological polar surface area (TPSA) is 93.6 Å². The van der Waals surface area contributed by atoms with Crippen molar-refractivity contribution in [2.24, 2.45) is 0 Å². The zero-order chi connectivity index (χ0) is 14.8. The number of carbonyl (C=O) groups is 1. The maximum absolute atomic E-state index is 11.4. The van der Waals surface area contributed by atoms with Crippen molar-refractivity contribution in [2.75, 3.05) is 6.26 Å². The van der Waals surface area contributed by atoms with Gasteiger partial charge in [0.15, 0.2) is 15.5 Å². The fourth-order valence-electron chi connectivity index (χ4n) is 1.48. The standard InChI is InChI=1S/C13H11NO5S/c1-20(17,18)10-5-2-4-9(8-10)19-12-7-3-6-11(14-12)13(15)16/h2-8H,1H3,(H,15,16). The van der Waals surface area contributed by atoms with Gasteiger partial charge < -0.3 is 9.84 Å². The number of aromatic carboxylic acids is 1. The molecule has 0 atom stereocenters. The van der Waals surface area contributed by atoms with Crippen molar-refractivity contribution in [3.05, 3.63) is 48.2 Å². The highest BCUT2D eigenvalue weighted by molar-refractivity contribution is 7.90. The predicted octanol–water partition coefficient (Wildman–Crippen LogP) is 1.98. The van der Waals surface area contributed by atoms with E-state index in [0.717, 1.165) is 6.26 Å². The summed E-state index contributed by atoms with van der Waals surface area (Å²) in [5, 5.41) is 8.83. The van der Waals surface area contributed by atoms with Crippen molar-refractivity contribution in [3.63, 3.8) is 0 Å². The Morgan fingerprint density at radius 3 is 2.55 bits per heavy atom. The SMILES string of the molecule is CS(=O)(=O)c1cccc(Oc2cccc(C(=O)O)n2)c1. The van der Waals surface area contributed by atoms with E-state index in [-0.39, 0.29) is 22.2 Å². The monoisotopic (exact) mass is 293 g/mol. The first kappa shape index (κ1) is 14.0. The minimum absolute atomic E-state index is 0.0792. The fourth-order valence-corrected chi connectivity index (χ4v) is 2.14. The highest BCUT2D eigenvalue weighted by atomic mass is 32.2. The van der Waals surface area contributed by atoms with Gasteiger partial charge in [-0.15, -0.1) is 0 Å². The van der Waals surface area contributed by atoms with Gasteiger partial charge >= 0.3 is 5.97 Å². The fraction of sp³-hybridized carbons (Fsp3) is 0.0769. The average Bonchev–Trinajstić information content (AvgIpc) is 2.38. The van der Waals surface area contributed by atoms with E-state index >= 15 is 0 Å². The van der Waals surface area contributed by atoms with E-state index in [9.17, 15) is 13.2 Å². The largest absolute Gasteiger partial charge is 0.477 e. The molecule has 104 valence electrons. The second-order valence-corrected chi connectivity index (χ2v) is 6.03. The summed E-state index contributed by atoms with van der Waals surface area (Å²) < 4.78 is 28.2. The number of hydrogen-bond donors (Lipinski definition) is 1. The molecule has 20 heavy (non-hydrogen) atoms. The maximum atomic E-state index is 11.4. The van der Waals surface area contributed by atoms with E-state index in [1.807, 2.05) is 0 Å². The Hall–Kier alpha value is -2.41. The first-order chi connectivity index (χ1) is 9.36. The van der Waals surface area contributed by atoms with E-state index in [4.69, 9.17) is 9.84 Å². The van der Waals surface area contributed by atoms with Crippen molar-refractivity contribution >= 4 is 15.8 Å². The van der Waals surface area contributed by atoms with Crippen molar-refractivity contribution < 1.29 is 23.1 Å². The number of sulfone groups is 1. The molecule has 1 aromatic carbocycles. The average molecular weight is 293 g/mol. The highest BCUT2D eigenvalue weighted by Gasteiger charge is 2.10. The van der Waals surface area contributed by atoms with Crippen molar-refractivity contribution in [3.8, 4) is 11.6 Å². The van der Waals surface area contributed by atoms with Crippen LogP contribution in [0.3, 0.4) is 0 Å². The van der Waals surface area contributed by atoms with Crippen molar-refractivity contribution in [1.82, 2.24) is 4.98 Å². The maximum Gasteiger partial charge on any atom is 0.354 e. The molecule has 2 aromatic rings. The van der Waals surface area contributed by atoms with Gasteiger partial charge in [-0.2, -0.15) is 0 Å². The van der Waals surface area contributed by atoms with Gasteiger partial charge in [-0.1, -0.05) is 12.1 Å². The van der Waals surface area contributed by atoms with Crippen LogP contribution in [0.15, 0.2) is 47.4 Å². The van der Waals surface area contributed by atoms with Crippen LogP contribution in [0.4, 0.5) is 0 Å². The molecule has 0 fully saturated rings. The molecule has 1 aromatic heterocycles. The molecule has 0 aliphatic carbocycles. The number of nitrogens with zero attached hydrogens (tertiary/aromatic N) is 1. The van der Waals surface area contributed by atoms with Gasteiger partial charge in [-0.25, -0.2) is 18.2 Å². The van der Waals surface area contributed by atoms with Crippen LogP contribution in [0.1, 0.15) is 10.5 Å². The van der Waals surface area contributed by atoms with Gasteiger partial charge in [0.25, 0.3) is 0 Å². The molecule has 0 spiro atoms. The Morgan fingerprint density at radius 2 is 1.90 bits per heavy atom. The summed E-state index contributed by atoms with van der Waals surface area (Å²) in [6.45, 7) is 0. The molecule has 0 aliphatic heterocycles. The molecule has 0 saturated heterocycles. The highest BCUT2D eigenvalue weighted by Crippen LogP contribution is 2.22. The second-order valence-electron chi connectivity index (χ2n) is 4.02. The van der Waals surface area contributed by atoms with Gasteiger partial charge in [0, 0.05) is 12.3 Å². The smallest absolute Gasteiger partial charge is 0.354 e. The zero-order valence-corrected chi connectivity index (χ0v) is 11.3. The van der Waals surface area contributed by atoms with Gasteiger partial charge in [0.1, 0.15) is 5.75 Å². The van der Waals surface area contributed by atoms with Crippen LogP contribution in [0.5, 0.6) is 11.6 Å². The van der Waals surface area contributed by atoms with E-state index in [1.165, 1.54) is 36.4 Å². The molecular formula is C13H11NO5S. The van der Waals surface area contributed by atoms with Crippen molar-refractivity contribution in [1.29, 1.82) is 0 Å². The molecule has 0 unspecified atom stereocenters. The zero-order valence-electron chi connectivity index (χ0n) is 10.5. The predicted molar refractivity (Wildman–Crippen MR) is 70.8 cm³/mol. The first-order valence-corrected chi connectivity index (χ1v) is 7.44. The number of carboxylic acid groups (broad SMARTS) is 1. The molecule has 0 radical (unpaired) electrons. The molecule has 6 nitrogen and oxygen atoms in total. The lowest BCUT2D eigenvalue weighted by Gasteiger charge is -2.06. The molecule has 0 saturated carbocycles. The molecule has 0 amide bonds. The third-order valence-corrected chi connectivity index (χ3v) is 3.51. The Bertz CT molecular complexity index is 755. The number of aromatic nitrogens is 1. The lowest BCUT2D eigenvalue weighted by atomic mass is 10.3. The minimum atomic E-state index is -3.33. The molecule has 1 heterocycles. The summed E-state index contributed by atoms with van der Waals surface area (Å²) in [5.41, 5.74) is -0.151.